The van der Waals surface area contributed by atoms with Crippen molar-refractivity contribution in [1.29, 1.82) is 0 Å². The molecule has 1 unspecified atom stereocenters. The van der Waals surface area contributed by atoms with Crippen LogP contribution in [0.25, 0.3) is 0 Å². The highest BCUT2D eigenvalue weighted by molar-refractivity contribution is 5.06. The summed E-state index contributed by atoms with van der Waals surface area (Å²) in [6, 6.07) is 4.09. The Bertz CT molecular complexity index is 308. The van der Waals surface area contributed by atoms with Gasteiger partial charge in [-0.25, -0.2) is 0 Å². The Labute approximate surface area is 79.5 Å². The summed E-state index contributed by atoms with van der Waals surface area (Å²) in [5.41, 5.74) is 0. The van der Waals surface area contributed by atoms with E-state index in [0.29, 0.717) is 0 Å². The first-order valence-electron chi connectivity index (χ1n) is 4.35. The molecule has 0 N–H and O–H groups in total. The zero-order valence-electron chi connectivity index (χ0n) is 8.37. The molecule has 1 heterocycles. The Morgan fingerprint density at radius 1 is 1.62 bits per heavy atom. The van der Waals surface area contributed by atoms with Crippen LogP contribution in [0.4, 0.5) is 0 Å². The smallest absolute Gasteiger partial charge is 0.118 e. The molecule has 0 aliphatic heterocycles. The molecule has 1 aromatic rings. The molecule has 1 rings (SSSR count). The molecule has 70 valence electrons. The average molecular weight is 177 g/mol. The Balaban J connectivity index is 2.55. The second-order valence-electron chi connectivity index (χ2n) is 3.27. The molecule has 2 nitrogen and oxygen atoms in total. The predicted molar refractivity (Wildman–Crippen MR) is 53.2 cm³/mol. The first kappa shape index (κ1) is 9.88. The SMILES string of the molecule is C#CC(C)N(C)Cc1ccc(C)o1. The monoisotopic (exact) mass is 177 g/mol. The van der Waals surface area contributed by atoms with Crippen molar-refractivity contribution in [2.24, 2.45) is 0 Å². The molecule has 0 aromatic carbocycles. The van der Waals surface area contributed by atoms with E-state index in [0.717, 1.165) is 18.1 Å². The molecule has 0 saturated heterocycles. The van der Waals surface area contributed by atoms with Gasteiger partial charge in [0.2, 0.25) is 0 Å². The van der Waals surface area contributed by atoms with Gasteiger partial charge in [-0.1, -0.05) is 5.92 Å². The van der Waals surface area contributed by atoms with Gasteiger partial charge in [-0.05, 0) is 33.0 Å². The Hall–Kier alpha value is -1.20. The Morgan fingerprint density at radius 2 is 2.31 bits per heavy atom. The standard InChI is InChI=1S/C11H15NO/c1-5-9(2)12(4)8-11-7-6-10(3)13-11/h1,6-7,9H,8H2,2-4H3. The first-order chi connectivity index (χ1) is 6.13. The summed E-state index contributed by atoms with van der Waals surface area (Å²) in [6.45, 7) is 4.70. The molecule has 13 heavy (non-hydrogen) atoms. The maximum Gasteiger partial charge on any atom is 0.118 e. The number of hydrogen-bond donors (Lipinski definition) is 0. The van der Waals surface area contributed by atoms with Crippen LogP contribution >= 0.6 is 0 Å². The van der Waals surface area contributed by atoms with Crippen LogP contribution in [0.3, 0.4) is 0 Å². The van der Waals surface area contributed by atoms with Crippen molar-refractivity contribution in [2.75, 3.05) is 7.05 Å². The zero-order valence-corrected chi connectivity index (χ0v) is 8.37. The lowest BCUT2D eigenvalue weighted by Gasteiger charge is -2.18. The summed E-state index contributed by atoms with van der Waals surface area (Å²) in [5, 5.41) is 0. The number of rotatable bonds is 3. The molecule has 2 heteroatoms. The van der Waals surface area contributed by atoms with Crippen LogP contribution in [0.15, 0.2) is 16.5 Å². The molecule has 0 amide bonds. The van der Waals surface area contributed by atoms with E-state index in [4.69, 9.17) is 10.8 Å². The quantitative estimate of drug-likeness (QED) is 0.657. The van der Waals surface area contributed by atoms with Crippen molar-refractivity contribution >= 4 is 0 Å². The van der Waals surface area contributed by atoms with Gasteiger partial charge in [-0.3, -0.25) is 4.90 Å². The summed E-state index contributed by atoms with van der Waals surface area (Å²) < 4.78 is 5.44. The number of terminal acetylenes is 1. The van der Waals surface area contributed by atoms with E-state index in [1.165, 1.54) is 0 Å². The highest BCUT2D eigenvalue weighted by atomic mass is 16.3. The van der Waals surface area contributed by atoms with E-state index >= 15 is 0 Å². The van der Waals surface area contributed by atoms with Crippen LogP contribution in [0, 0.1) is 19.3 Å². The summed E-state index contributed by atoms with van der Waals surface area (Å²) >= 11 is 0. The minimum atomic E-state index is 0.144. The van der Waals surface area contributed by atoms with E-state index in [1.54, 1.807) is 0 Å². The second-order valence-corrected chi connectivity index (χ2v) is 3.27. The Morgan fingerprint density at radius 3 is 2.77 bits per heavy atom. The van der Waals surface area contributed by atoms with Crippen LogP contribution in [0.2, 0.25) is 0 Å². The predicted octanol–water partition coefficient (Wildman–Crippen LogP) is 2.04. The summed E-state index contributed by atoms with van der Waals surface area (Å²) in [5.74, 6) is 4.58. The van der Waals surface area contributed by atoms with Crippen LogP contribution in [-0.4, -0.2) is 18.0 Å². The fourth-order valence-electron chi connectivity index (χ4n) is 1.08. The highest BCUT2D eigenvalue weighted by Crippen LogP contribution is 2.09. The van der Waals surface area contributed by atoms with Crippen LogP contribution in [0.1, 0.15) is 18.4 Å². The molecule has 0 aliphatic carbocycles. The van der Waals surface area contributed by atoms with Crippen LogP contribution < -0.4 is 0 Å². The van der Waals surface area contributed by atoms with Crippen molar-refractivity contribution in [1.82, 2.24) is 4.90 Å². The lowest BCUT2D eigenvalue weighted by Crippen LogP contribution is -2.26. The van der Waals surface area contributed by atoms with Gasteiger partial charge in [0.25, 0.3) is 0 Å². The van der Waals surface area contributed by atoms with Gasteiger partial charge < -0.3 is 4.42 Å². The Kier molecular flexibility index (Phi) is 3.16. The van der Waals surface area contributed by atoms with E-state index < -0.39 is 0 Å². The van der Waals surface area contributed by atoms with Crippen molar-refractivity contribution in [3.8, 4) is 12.3 Å². The van der Waals surface area contributed by atoms with Crippen molar-refractivity contribution in [2.45, 2.75) is 26.4 Å². The lowest BCUT2D eigenvalue weighted by atomic mass is 10.3. The largest absolute Gasteiger partial charge is 0.465 e. The van der Waals surface area contributed by atoms with Gasteiger partial charge in [0.1, 0.15) is 11.5 Å². The zero-order chi connectivity index (χ0) is 9.84. The van der Waals surface area contributed by atoms with Gasteiger partial charge in [0.05, 0.1) is 12.6 Å². The number of furan rings is 1. The first-order valence-corrected chi connectivity index (χ1v) is 4.35. The van der Waals surface area contributed by atoms with Gasteiger partial charge in [0, 0.05) is 0 Å². The average Bonchev–Trinajstić information content (AvgIpc) is 2.49. The molecule has 0 spiro atoms. The normalized spacial score (nSPS) is 12.8. The lowest BCUT2D eigenvalue weighted by molar-refractivity contribution is 0.267. The third-order valence-electron chi connectivity index (χ3n) is 2.10. The van der Waals surface area contributed by atoms with Crippen molar-refractivity contribution in [3.05, 3.63) is 23.7 Å². The molecule has 0 aliphatic rings. The third kappa shape index (κ3) is 2.64. The van der Waals surface area contributed by atoms with Gasteiger partial charge >= 0.3 is 0 Å². The van der Waals surface area contributed by atoms with Gasteiger partial charge in [-0.15, -0.1) is 6.42 Å². The third-order valence-corrected chi connectivity index (χ3v) is 2.10. The molecule has 0 fully saturated rings. The molecule has 1 aromatic heterocycles. The fraction of sp³-hybridized carbons (Fsp3) is 0.455. The molecular weight excluding hydrogens is 162 g/mol. The topological polar surface area (TPSA) is 16.4 Å². The fourth-order valence-corrected chi connectivity index (χ4v) is 1.08. The number of hydrogen-bond acceptors (Lipinski definition) is 2. The van der Waals surface area contributed by atoms with E-state index in [1.807, 2.05) is 33.0 Å². The molecule has 0 bridgehead atoms. The second kappa shape index (κ2) is 4.15. The summed E-state index contributed by atoms with van der Waals surface area (Å²) in [7, 11) is 1.99. The van der Waals surface area contributed by atoms with Crippen molar-refractivity contribution in [3.63, 3.8) is 0 Å². The van der Waals surface area contributed by atoms with E-state index in [2.05, 4.69) is 10.8 Å². The molecule has 0 radical (unpaired) electrons. The van der Waals surface area contributed by atoms with E-state index in [9.17, 15) is 0 Å². The van der Waals surface area contributed by atoms with Gasteiger partial charge in [-0.2, -0.15) is 0 Å². The minimum Gasteiger partial charge on any atom is -0.465 e. The minimum absolute atomic E-state index is 0.144. The van der Waals surface area contributed by atoms with E-state index in [-0.39, 0.29) is 6.04 Å². The molecular formula is C11H15NO. The van der Waals surface area contributed by atoms with Crippen LogP contribution in [0.5, 0.6) is 0 Å². The maximum absolute atomic E-state index is 5.44. The van der Waals surface area contributed by atoms with Gasteiger partial charge in [0.15, 0.2) is 0 Å². The highest BCUT2D eigenvalue weighted by Gasteiger charge is 2.08. The number of nitrogens with zero attached hydrogens (tertiary/aromatic N) is 1. The maximum atomic E-state index is 5.44. The van der Waals surface area contributed by atoms with Crippen LogP contribution in [-0.2, 0) is 6.54 Å². The van der Waals surface area contributed by atoms with Crippen molar-refractivity contribution < 1.29 is 4.42 Å². The summed E-state index contributed by atoms with van der Waals surface area (Å²) in [6.07, 6.45) is 5.31. The number of aryl methyl sites for hydroxylation is 1. The molecule has 1 atom stereocenters. The summed E-state index contributed by atoms with van der Waals surface area (Å²) in [4.78, 5) is 2.07. The molecule has 0 saturated carbocycles.